The van der Waals surface area contributed by atoms with Gasteiger partial charge in [0, 0.05) is 43.4 Å². The van der Waals surface area contributed by atoms with Crippen LogP contribution in [0.3, 0.4) is 0 Å². The van der Waals surface area contributed by atoms with Crippen LogP contribution in [0.25, 0.3) is 22.2 Å². The van der Waals surface area contributed by atoms with E-state index >= 15 is 0 Å². The molecule has 1 unspecified atom stereocenters. The molecule has 3 aromatic heterocycles. The predicted octanol–water partition coefficient (Wildman–Crippen LogP) is 3.07. The van der Waals surface area contributed by atoms with Gasteiger partial charge >= 0.3 is 0 Å². The summed E-state index contributed by atoms with van der Waals surface area (Å²) in [6, 6.07) is 13.4. The number of piperidine rings is 1. The molecule has 206 valence electrons. The third kappa shape index (κ3) is 4.98. The molecule has 41 heavy (non-hydrogen) atoms. The lowest BCUT2D eigenvalue weighted by Gasteiger charge is -2.18. The van der Waals surface area contributed by atoms with Gasteiger partial charge in [-0.1, -0.05) is 30.7 Å². The van der Waals surface area contributed by atoms with E-state index in [1.807, 2.05) is 61.0 Å². The number of rotatable bonds is 6. The molecule has 6 rings (SSSR count). The molecule has 10 heteroatoms. The van der Waals surface area contributed by atoms with Crippen molar-refractivity contribution in [1.29, 1.82) is 0 Å². The SMILES string of the molecule is C=CC(=O)NCC(=O)N1C[C@@H]2C(C#Cc3c(-c4ccc(Oc5cccc(C)n5)cc4)c4c(N)ncnc4n3C)[C@@H]2C1. The van der Waals surface area contributed by atoms with E-state index in [1.165, 1.54) is 6.33 Å². The number of ether oxygens (including phenoxy) is 1. The molecule has 2 fully saturated rings. The fraction of sp³-hybridized carbons (Fsp3) is 0.258. The van der Waals surface area contributed by atoms with E-state index in [-0.39, 0.29) is 24.3 Å². The zero-order valence-corrected chi connectivity index (χ0v) is 22.8. The highest BCUT2D eigenvalue weighted by atomic mass is 16.5. The maximum atomic E-state index is 12.4. The van der Waals surface area contributed by atoms with Crippen LogP contribution in [0.4, 0.5) is 5.82 Å². The van der Waals surface area contributed by atoms with Crippen molar-refractivity contribution in [3.8, 4) is 34.6 Å². The second-order valence-electron chi connectivity index (χ2n) is 10.3. The Hall–Kier alpha value is -5.17. The van der Waals surface area contributed by atoms with Crippen molar-refractivity contribution in [3.05, 3.63) is 72.8 Å². The second kappa shape index (κ2) is 10.4. The van der Waals surface area contributed by atoms with Gasteiger partial charge in [-0.05, 0) is 54.5 Å². The summed E-state index contributed by atoms with van der Waals surface area (Å²) in [5, 5.41) is 3.30. The number of hydrogen-bond donors (Lipinski definition) is 2. The summed E-state index contributed by atoms with van der Waals surface area (Å²) in [4.78, 5) is 38.7. The highest BCUT2D eigenvalue weighted by Crippen LogP contribution is 2.51. The molecule has 0 spiro atoms. The standard InChI is InChI=1S/C31H29N7O3/c1-4-25(39)33-14-27(40)38-15-22-21(23(22)16-38)12-13-24-28(29-30(32)34-17-35-31(29)37(24)3)19-8-10-20(11-9-19)41-26-7-5-6-18(2)36-26/h4-11,17,21-23H,1,14-16H2,2-3H3,(H,33,39)(H2,32,34,35)/t21?,22-,23+. The van der Waals surface area contributed by atoms with Gasteiger partial charge in [0.15, 0.2) is 0 Å². The number of aryl methyl sites for hydroxylation is 2. The largest absolute Gasteiger partial charge is 0.439 e. The predicted molar refractivity (Wildman–Crippen MR) is 155 cm³/mol. The summed E-state index contributed by atoms with van der Waals surface area (Å²) >= 11 is 0. The van der Waals surface area contributed by atoms with Gasteiger partial charge in [-0.15, -0.1) is 0 Å². The number of fused-ring (bicyclic) bond motifs is 2. The Morgan fingerprint density at radius 1 is 1.17 bits per heavy atom. The first-order valence-corrected chi connectivity index (χ1v) is 13.3. The van der Waals surface area contributed by atoms with Crippen molar-refractivity contribution in [2.45, 2.75) is 6.92 Å². The average Bonchev–Trinajstić information content (AvgIpc) is 3.27. The first-order chi connectivity index (χ1) is 19.8. The number of likely N-dealkylation sites (tertiary alicyclic amines) is 1. The molecule has 1 saturated heterocycles. The number of benzene rings is 1. The van der Waals surface area contributed by atoms with Crippen molar-refractivity contribution < 1.29 is 14.3 Å². The molecule has 4 aromatic rings. The average molecular weight is 548 g/mol. The number of nitrogens with zero attached hydrogens (tertiary/aromatic N) is 5. The summed E-state index contributed by atoms with van der Waals surface area (Å²) in [6.07, 6.45) is 2.62. The molecule has 2 aliphatic rings. The number of nitrogens with two attached hydrogens (primary N) is 1. The van der Waals surface area contributed by atoms with Crippen molar-refractivity contribution in [2.75, 3.05) is 25.4 Å². The number of anilines is 1. The van der Waals surface area contributed by atoms with Crippen molar-refractivity contribution in [1.82, 2.24) is 29.7 Å². The Labute approximate surface area is 237 Å². The third-order valence-electron chi connectivity index (χ3n) is 7.73. The Morgan fingerprint density at radius 2 is 1.93 bits per heavy atom. The van der Waals surface area contributed by atoms with E-state index < -0.39 is 0 Å². The maximum Gasteiger partial charge on any atom is 0.243 e. The molecule has 4 heterocycles. The quantitative estimate of drug-likeness (QED) is 0.280. The molecule has 1 saturated carbocycles. The van der Waals surface area contributed by atoms with E-state index in [0.29, 0.717) is 48.0 Å². The molecule has 2 amide bonds. The van der Waals surface area contributed by atoms with Crippen LogP contribution in [-0.2, 0) is 16.6 Å². The highest BCUT2D eigenvalue weighted by molar-refractivity contribution is 6.03. The van der Waals surface area contributed by atoms with Crippen LogP contribution in [0.1, 0.15) is 11.4 Å². The van der Waals surface area contributed by atoms with Crippen LogP contribution in [0.2, 0.25) is 0 Å². The minimum atomic E-state index is -0.354. The van der Waals surface area contributed by atoms with Crippen molar-refractivity contribution in [2.24, 2.45) is 24.8 Å². The van der Waals surface area contributed by atoms with Crippen LogP contribution in [0.15, 0.2) is 61.4 Å². The topological polar surface area (TPSA) is 128 Å². The first kappa shape index (κ1) is 26.1. The smallest absolute Gasteiger partial charge is 0.243 e. The molecule has 0 bridgehead atoms. The lowest BCUT2D eigenvalue weighted by atomic mass is 10.0. The number of carbonyl (C=O) groups is 2. The van der Waals surface area contributed by atoms with Crippen LogP contribution >= 0.6 is 0 Å². The number of aromatic nitrogens is 4. The molecule has 3 N–H and O–H groups in total. The summed E-state index contributed by atoms with van der Waals surface area (Å²) in [6.45, 7) is 6.59. The normalized spacial score (nSPS) is 18.8. The number of amides is 2. The summed E-state index contributed by atoms with van der Waals surface area (Å²) < 4.78 is 7.89. The Morgan fingerprint density at radius 3 is 2.63 bits per heavy atom. The van der Waals surface area contributed by atoms with Gasteiger partial charge in [-0.2, -0.15) is 0 Å². The van der Waals surface area contributed by atoms with Crippen molar-refractivity contribution in [3.63, 3.8) is 0 Å². The Kier molecular flexibility index (Phi) is 6.63. The van der Waals surface area contributed by atoms with E-state index in [1.54, 1.807) is 4.90 Å². The maximum absolute atomic E-state index is 12.4. The lowest BCUT2D eigenvalue weighted by molar-refractivity contribution is -0.131. The minimum absolute atomic E-state index is 0.0201. The van der Waals surface area contributed by atoms with Gasteiger partial charge in [0.2, 0.25) is 17.7 Å². The number of pyridine rings is 1. The van der Waals surface area contributed by atoms with Gasteiger partial charge in [0.1, 0.15) is 29.2 Å². The minimum Gasteiger partial charge on any atom is -0.439 e. The molecule has 1 aromatic carbocycles. The summed E-state index contributed by atoms with van der Waals surface area (Å²) in [7, 11) is 1.93. The van der Waals surface area contributed by atoms with E-state index in [0.717, 1.165) is 34.0 Å². The van der Waals surface area contributed by atoms with Crippen molar-refractivity contribution >= 4 is 28.7 Å². The molecule has 0 radical (unpaired) electrons. The summed E-state index contributed by atoms with van der Waals surface area (Å²) in [5.74, 6) is 8.88. The molecule has 1 aliphatic heterocycles. The highest BCUT2D eigenvalue weighted by Gasteiger charge is 2.56. The van der Waals surface area contributed by atoms with Gasteiger partial charge < -0.3 is 25.3 Å². The van der Waals surface area contributed by atoms with Gasteiger partial charge in [0.25, 0.3) is 0 Å². The van der Waals surface area contributed by atoms with Gasteiger partial charge in [-0.25, -0.2) is 15.0 Å². The molecule has 3 atom stereocenters. The number of nitrogen functional groups attached to an aromatic ring is 1. The zero-order chi connectivity index (χ0) is 28.7. The molecular formula is C31H29N7O3. The fourth-order valence-electron chi connectivity index (χ4n) is 5.53. The fourth-order valence-corrected chi connectivity index (χ4v) is 5.53. The van der Waals surface area contributed by atoms with Gasteiger partial charge in [-0.3, -0.25) is 9.59 Å². The Bertz CT molecular complexity index is 1740. The van der Waals surface area contributed by atoms with Crippen LogP contribution in [0, 0.1) is 36.5 Å². The zero-order valence-electron chi connectivity index (χ0n) is 22.8. The summed E-state index contributed by atoms with van der Waals surface area (Å²) in [5.41, 5.74) is 10.5. The number of hydrogen-bond acceptors (Lipinski definition) is 7. The monoisotopic (exact) mass is 547 g/mol. The molecule has 10 nitrogen and oxygen atoms in total. The lowest BCUT2D eigenvalue weighted by Crippen LogP contribution is -2.39. The first-order valence-electron chi connectivity index (χ1n) is 13.3. The number of carbonyl (C=O) groups excluding carboxylic acids is 2. The molecule has 1 aliphatic carbocycles. The van der Waals surface area contributed by atoms with E-state index in [2.05, 4.69) is 38.7 Å². The van der Waals surface area contributed by atoms with E-state index in [4.69, 9.17) is 10.5 Å². The van der Waals surface area contributed by atoms with Crippen LogP contribution in [0.5, 0.6) is 11.6 Å². The van der Waals surface area contributed by atoms with Crippen LogP contribution in [-0.4, -0.2) is 55.9 Å². The number of nitrogens with one attached hydrogen (secondary N) is 1. The Balaban J connectivity index is 1.24. The third-order valence-corrected chi connectivity index (χ3v) is 7.73. The molecular weight excluding hydrogens is 518 g/mol. The van der Waals surface area contributed by atoms with Gasteiger partial charge in [0.05, 0.1) is 11.9 Å². The second-order valence-corrected chi connectivity index (χ2v) is 10.3. The van der Waals surface area contributed by atoms with E-state index in [9.17, 15) is 9.59 Å². The van der Waals surface area contributed by atoms with Crippen LogP contribution < -0.4 is 15.8 Å².